The number of hydrogen-bond donors (Lipinski definition) is 1. The van der Waals surface area contributed by atoms with Gasteiger partial charge in [-0.2, -0.15) is 0 Å². The van der Waals surface area contributed by atoms with Gasteiger partial charge in [0.15, 0.2) is 5.58 Å². The number of aromatic nitrogens is 1. The summed E-state index contributed by atoms with van der Waals surface area (Å²) in [6.07, 6.45) is 0. The zero-order chi connectivity index (χ0) is 22.1. The molecule has 0 bridgehead atoms. The van der Waals surface area contributed by atoms with E-state index in [1.807, 2.05) is 37.3 Å². The molecule has 6 heteroatoms. The van der Waals surface area contributed by atoms with Gasteiger partial charge >= 0.3 is 0 Å². The minimum absolute atomic E-state index is 0.270. The highest BCUT2D eigenvalue weighted by Crippen LogP contribution is 2.33. The van der Waals surface area contributed by atoms with Gasteiger partial charge in [-0.05, 0) is 60.4 Å². The molecule has 0 fully saturated rings. The molecule has 1 N–H and O–H groups in total. The molecular weight excluding hydrogens is 412 g/mol. The second-order valence-electron chi connectivity index (χ2n) is 7.71. The van der Waals surface area contributed by atoms with E-state index in [4.69, 9.17) is 20.8 Å². The van der Waals surface area contributed by atoms with Crippen LogP contribution in [0.15, 0.2) is 59.0 Å². The molecule has 0 aliphatic heterocycles. The Balaban J connectivity index is 1.67. The number of nitrogens with one attached hydrogen (secondary N) is 1. The lowest BCUT2D eigenvalue weighted by molar-refractivity contribution is 0.102. The molecule has 0 aliphatic rings. The van der Waals surface area contributed by atoms with Crippen molar-refractivity contribution in [2.75, 3.05) is 12.4 Å². The summed E-state index contributed by atoms with van der Waals surface area (Å²) in [6, 6.07) is 16.6. The van der Waals surface area contributed by atoms with Crippen LogP contribution in [0.4, 0.5) is 5.69 Å². The van der Waals surface area contributed by atoms with Crippen LogP contribution in [0, 0.1) is 6.92 Å². The van der Waals surface area contributed by atoms with Crippen molar-refractivity contribution < 1.29 is 13.9 Å². The third-order valence-electron chi connectivity index (χ3n) is 5.19. The van der Waals surface area contributed by atoms with E-state index in [0.29, 0.717) is 45.0 Å². The molecule has 0 spiro atoms. The van der Waals surface area contributed by atoms with Crippen LogP contribution in [0.3, 0.4) is 0 Å². The average Bonchev–Trinajstić information content (AvgIpc) is 3.17. The molecule has 158 valence electrons. The highest BCUT2D eigenvalue weighted by Gasteiger charge is 2.17. The molecule has 0 radical (unpaired) electrons. The van der Waals surface area contributed by atoms with Gasteiger partial charge in [0.1, 0.15) is 11.3 Å². The standard InChI is InChI=1S/C25H23ClN2O3/c1-14(2)16-8-11-22-21(12-16)28-25(31-22)19-13-17(9-10-20(19)26)27-24(29)18-7-5-6-15(3)23(18)30-4/h5-14H,1-4H3,(H,27,29). The summed E-state index contributed by atoms with van der Waals surface area (Å²) in [6.45, 7) is 6.16. The number of para-hydroxylation sites is 1. The number of carbonyl (C=O) groups excluding carboxylic acids is 1. The van der Waals surface area contributed by atoms with E-state index in [2.05, 4.69) is 24.1 Å². The summed E-state index contributed by atoms with van der Waals surface area (Å²) in [5.74, 6) is 1.08. The van der Waals surface area contributed by atoms with E-state index in [1.54, 1.807) is 31.4 Å². The Morgan fingerprint density at radius 1 is 1.13 bits per heavy atom. The summed E-state index contributed by atoms with van der Waals surface area (Å²) in [5.41, 5.74) is 5.19. The van der Waals surface area contributed by atoms with E-state index in [9.17, 15) is 4.79 Å². The van der Waals surface area contributed by atoms with Gasteiger partial charge in [0.2, 0.25) is 5.89 Å². The van der Waals surface area contributed by atoms with Crippen LogP contribution in [0.2, 0.25) is 5.02 Å². The van der Waals surface area contributed by atoms with Crippen molar-refractivity contribution in [3.63, 3.8) is 0 Å². The molecule has 4 rings (SSSR count). The third-order valence-corrected chi connectivity index (χ3v) is 5.52. The van der Waals surface area contributed by atoms with Crippen molar-refractivity contribution in [3.05, 3.63) is 76.3 Å². The maximum Gasteiger partial charge on any atom is 0.259 e. The smallest absolute Gasteiger partial charge is 0.259 e. The first-order valence-electron chi connectivity index (χ1n) is 10.0. The Morgan fingerprint density at radius 2 is 1.94 bits per heavy atom. The summed E-state index contributed by atoms with van der Waals surface area (Å²) >= 11 is 6.43. The molecule has 31 heavy (non-hydrogen) atoms. The second kappa shape index (κ2) is 8.44. The van der Waals surface area contributed by atoms with Gasteiger partial charge < -0.3 is 14.5 Å². The molecule has 5 nitrogen and oxygen atoms in total. The van der Waals surface area contributed by atoms with Crippen molar-refractivity contribution in [1.82, 2.24) is 4.98 Å². The highest BCUT2D eigenvalue weighted by molar-refractivity contribution is 6.33. The topological polar surface area (TPSA) is 64.4 Å². The van der Waals surface area contributed by atoms with E-state index in [0.717, 1.165) is 11.1 Å². The second-order valence-corrected chi connectivity index (χ2v) is 8.11. The quantitative estimate of drug-likeness (QED) is 0.373. The summed E-state index contributed by atoms with van der Waals surface area (Å²) < 4.78 is 11.3. The van der Waals surface area contributed by atoms with Gasteiger partial charge in [-0.15, -0.1) is 0 Å². The molecule has 1 aromatic heterocycles. The van der Waals surface area contributed by atoms with E-state index in [-0.39, 0.29) is 5.91 Å². The molecule has 4 aromatic rings. The number of amides is 1. The van der Waals surface area contributed by atoms with Gasteiger partial charge in [0.25, 0.3) is 5.91 Å². The van der Waals surface area contributed by atoms with Crippen LogP contribution in [0.25, 0.3) is 22.6 Å². The van der Waals surface area contributed by atoms with Gasteiger partial charge in [-0.1, -0.05) is 43.6 Å². The van der Waals surface area contributed by atoms with E-state index in [1.165, 1.54) is 5.56 Å². The largest absolute Gasteiger partial charge is 0.496 e. The van der Waals surface area contributed by atoms with Crippen LogP contribution in [-0.2, 0) is 0 Å². The van der Waals surface area contributed by atoms with Crippen LogP contribution in [-0.4, -0.2) is 18.0 Å². The number of ether oxygens (including phenoxy) is 1. The van der Waals surface area contributed by atoms with Crippen molar-refractivity contribution in [3.8, 4) is 17.2 Å². The molecule has 1 amide bonds. The Kier molecular flexibility index (Phi) is 5.70. The molecule has 0 unspecified atom stereocenters. The minimum Gasteiger partial charge on any atom is -0.496 e. The number of fused-ring (bicyclic) bond motifs is 1. The lowest BCUT2D eigenvalue weighted by atomic mass is 10.0. The fourth-order valence-electron chi connectivity index (χ4n) is 3.49. The predicted octanol–water partition coefficient (Wildman–Crippen LogP) is 6.84. The first-order chi connectivity index (χ1) is 14.9. The van der Waals surface area contributed by atoms with Crippen LogP contribution < -0.4 is 10.1 Å². The number of oxazole rings is 1. The SMILES string of the molecule is COc1c(C)cccc1C(=O)Nc1ccc(Cl)c(-c2nc3cc(C(C)C)ccc3o2)c1. The van der Waals surface area contributed by atoms with Crippen molar-refractivity contribution in [2.24, 2.45) is 0 Å². The lowest BCUT2D eigenvalue weighted by Gasteiger charge is -2.12. The zero-order valence-electron chi connectivity index (χ0n) is 17.8. The maximum atomic E-state index is 12.9. The highest BCUT2D eigenvalue weighted by atomic mass is 35.5. The van der Waals surface area contributed by atoms with Crippen molar-refractivity contribution in [1.29, 1.82) is 0 Å². The number of carbonyl (C=O) groups is 1. The van der Waals surface area contributed by atoms with Crippen LogP contribution >= 0.6 is 11.6 Å². The molecule has 0 saturated carbocycles. The van der Waals surface area contributed by atoms with Crippen LogP contribution in [0.5, 0.6) is 5.75 Å². The first-order valence-corrected chi connectivity index (χ1v) is 10.4. The van der Waals surface area contributed by atoms with E-state index < -0.39 is 0 Å². The summed E-state index contributed by atoms with van der Waals surface area (Å²) in [4.78, 5) is 17.5. The Morgan fingerprint density at radius 3 is 2.68 bits per heavy atom. The van der Waals surface area contributed by atoms with Crippen molar-refractivity contribution in [2.45, 2.75) is 26.7 Å². The number of benzene rings is 3. The number of methoxy groups -OCH3 is 1. The number of aryl methyl sites for hydroxylation is 1. The zero-order valence-corrected chi connectivity index (χ0v) is 18.6. The normalized spacial score (nSPS) is 11.2. The maximum absolute atomic E-state index is 12.9. The average molecular weight is 435 g/mol. The Labute approximate surface area is 186 Å². The molecule has 0 aliphatic carbocycles. The fourth-order valence-corrected chi connectivity index (χ4v) is 3.68. The molecule has 0 atom stereocenters. The Bertz CT molecular complexity index is 1280. The number of halogens is 1. The molecular formula is C25H23ClN2O3. The fraction of sp³-hybridized carbons (Fsp3) is 0.200. The molecule has 0 saturated heterocycles. The molecule has 3 aromatic carbocycles. The van der Waals surface area contributed by atoms with Gasteiger partial charge in [-0.3, -0.25) is 4.79 Å². The predicted molar refractivity (Wildman–Crippen MR) is 124 cm³/mol. The van der Waals surface area contributed by atoms with Crippen molar-refractivity contribution >= 4 is 34.3 Å². The molecule has 1 heterocycles. The van der Waals surface area contributed by atoms with Gasteiger partial charge in [-0.25, -0.2) is 4.98 Å². The number of nitrogens with zero attached hydrogens (tertiary/aromatic N) is 1. The van der Waals surface area contributed by atoms with Crippen LogP contribution in [0.1, 0.15) is 41.3 Å². The Hall–Kier alpha value is -3.31. The minimum atomic E-state index is -0.270. The third kappa shape index (κ3) is 4.14. The summed E-state index contributed by atoms with van der Waals surface area (Å²) in [7, 11) is 1.55. The van der Waals surface area contributed by atoms with Gasteiger partial charge in [0.05, 0.1) is 23.3 Å². The first kappa shape index (κ1) is 20.9. The monoisotopic (exact) mass is 434 g/mol. The lowest BCUT2D eigenvalue weighted by Crippen LogP contribution is -2.13. The number of hydrogen-bond acceptors (Lipinski definition) is 4. The number of rotatable bonds is 5. The number of anilines is 1. The van der Waals surface area contributed by atoms with E-state index >= 15 is 0 Å². The van der Waals surface area contributed by atoms with Gasteiger partial charge in [0, 0.05) is 5.69 Å². The summed E-state index contributed by atoms with van der Waals surface area (Å²) in [5, 5.41) is 3.40.